The minimum Gasteiger partial charge on any atom is -0.508 e. The molecule has 3 N–H and O–H groups in total. The molecule has 4 heteroatoms. The van der Waals surface area contributed by atoms with E-state index >= 15 is 0 Å². The number of rotatable bonds is 19. The van der Waals surface area contributed by atoms with Crippen LogP contribution >= 0.6 is 0 Å². The van der Waals surface area contributed by atoms with Gasteiger partial charge in [-0.2, -0.15) is 0 Å². The van der Waals surface area contributed by atoms with E-state index in [9.17, 15) is 20.1 Å². The molecule has 0 fully saturated rings. The number of phenolic OH excluding ortho intramolecular Hbond substituents is 1. The zero-order valence-corrected chi connectivity index (χ0v) is 19.0. The highest BCUT2D eigenvalue weighted by molar-refractivity contribution is 5.79. The molecule has 0 saturated carbocycles. The molecule has 0 saturated heterocycles. The number of carbonyl (C=O) groups is 1. The summed E-state index contributed by atoms with van der Waals surface area (Å²) in [6.45, 7) is 2.25. The van der Waals surface area contributed by atoms with Crippen LogP contribution in [0.15, 0.2) is 24.3 Å². The van der Waals surface area contributed by atoms with E-state index in [0.717, 1.165) is 18.4 Å². The zero-order chi connectivity index (χ0) is 22.0. The Morgan fingerprint density at radius 2 is 1.33 bits per heavy atom. The first kappa shape index (κ1) is 26.6. The number of aliphatic hydroxyl groups is 2. The molecule has 0 aliphatic carbocycles. The van der Waals surface area contributed by atoms with Gasteiger partial charge in [-0.15, -0.1) is 0 Å². The second-order valence-corrected chi connectivity index (χ2v) is 8.78. The molecular formula is C26H44O4. The van der Waals surface area contributed by atoms with Gasteiger partial charge in [0, 0.05) is 12.8 Å². The van der Waals surface area contributed by atoms with E-state index in [4.69, 9.17) is 0 Å². The monoisotopic (exact) mass is 420 g/mol. The van der Waals surface area contributed by atoms with Crippen LogP contribution in [0, 0.1) is 0 Å². The van der Waals surface area contributed by atoms with Crippen molar-refractivity contribution < 1.29 is 20.1 Å². The molecule has 0 amide bonds. The molecule has 1 aromatic rings. The van der Waals surface area contributed by atoms with Gasteiger partial charge in [0.25, 0.3) is 0 Å². The van der Waals surface area contributed by atoms with Crippen LogP contribution in [0.4, 0.5) is 0 Å². The number of aryl methyl sites for hydroxylation is 1. The van der Waals surface area contributed by atoms with Crippen molar-refractivity contribution in [3.05, 3.63) is 29.8 Å². The fourth-order valence-electron chi connectivity index (χ4n) is 3.87. The lowest BCUT2D eigenvalue weighted by molar-refractivity contribution is -0.121. The Hall–Kier alpha value is -1.39. The first-order chi connectivity index (χ1) is 14.5. The molecule has 0 aromatic heterocycles. The van der Waals surface area contributed by atoms with Crippen molar-refractivity contribution in [1.82, 2.24) is 0 Å². The maximum atomic E-state index is 12.0. The predicted molar refractivity (Wildman–Crippen MR) is 124 cm³/mol. The maximum Gasteiger partial charge on any atom is 0.135 e. The van der Waals surface area contributed by atoms with Gasteiger partial charge in [-0.25, -0.2) is 0 Å². The summed E-state index contributed by atoms with van der Waals surface area (Å²) in [5.41, 5.74) is 0.993. The van der Waals surface area contributed by atoms with E-state index in [1.54, 1.807) is 24.3 Å². The smallest absolute Gasteiger partial charge is 0.135 e. The second kappa shape index (κ2) is 17.3. The third-order valence-corrected chi connectivity index (χ3v) is 5.78. The number of hydrogen-bond acceptors (Lipinski definition) is 4. The van der Waals surface area contributed by atoms with Crippen LogP contribution in [-0.2, 0) is 11.2 Å². The molecule has 0 unspecified atom stereocenters. The first-order valence-corrected chi connectivity index (χ1v) is 12.2. The van der Waals surface area contributed by atoms with Crippen molar-refractivity contribution in [1.29, 1.82) is 0 Å². The molecule has 0 aliphatic rings. The molecule has 0 heterocycles. The molecule has 4 nitrogen and oxygen atoms in total. The Morgan fingerprint density at radius 3 is 1.90 bits per heavy atom. The second-order valence-electron chi connectivity index (χ2n) is 8.78. The number of phenols is 1. The lowest BCUT2D eigenvalue weighted by Crippen LogP contribution is -2.21. The SMILES string of the molecule is CCCCCCCCCCCCC[C@@H](O)C[C@H](O)CC(=O)CCc1ccc(O)cc1. The molecule has 2 atom stereocenters. The van der Waals surface area contributed by atoms with Crippen molar-refractivity contribution in [3.63, 3.8) is 0 Å². The van der Waals surface area contributed by atoms with E-state index in [-0.39, 0.29) is 24.4 Å². The third kappa shape index (κ3) is 14.6. The van der Waals surface area contributed by atoms with Gasteiger partial charge in [0.1, 0.15) is 11.5 Å². The molecule has 0 spiro atoms. The normalized spacial score (nSPS) is 13.3. The van der Waals surface area contributed by atoms with Crippen LogP contribution in [0.2, 0.25) is 0 Å². The minimum atomic E-state index is -0.764. The summed E-state index contributed by atoms with van der Waals surface area (Å²) in [4.78, 5) is 12.0. The number of aliphatic hydroxyl groups excluding tert-OH is 2. The van der Waals surface area contributed by atoms with Crippen molar-refractivity contribution in [3.8, 4) is 5.75 Å². The summed E-state index contributed by atoms with van der Waals surface area (Å²) >= 11 is 0. The maximum absolute atomic E-state index is 12.0. The summed E-state index contributed by atoms with van der Waals surface area (Å²) in [5, 5.41) is 29.5. The Morgan fingerprint density at radius 1 is 0.800 bits per heavy atom. The average molecular weight is 421 g/mol. The van der Waals surface area contributed by atoms with Gasteiger partial charge in [-0.1, -0.05) is 89.7 Å². The molecule has 172 valence electrons. The number of carbonyl (C=O) groups excluding carboxylic acids is 1. The lowest BCUT2D eigenvalue weighted by atomic mass is 9.98. The van der Waals surface area contributed by atoms with Gasteiger partial charge in [0.15, 0.2) is 0 Å². The quantitative estimate of drug-likeness (QED) is 0.236. The highest BCUT2D eigenvalue weighted by Crippen LogP contribution is 2.16. The molecule has 1 aromatic carbocycles. The third-order valence-electron chi connectivity index (χ3n) is 5.78. The Balaban J connectivity index is 1.98. The molecule has 30 heavy (non-hydrogen) atoms. The summed E-state index contributed by atoms with van der Waals surface area (Å²) in [6.07, 6.45) is 14.9. The predicted octanol–water partition coefficient (Wildman–Crippen LogP) is 6.10. The molecular weight excluding hydrogens is 376 g/mol. The van der Waals surface area contributed by atoms with Crippen LogP contribution in [0.3, 0.4) is 0 Å². The molecule has 0 bridgehead atoms. The summed E-state index contributed by atoms with van der Waals surface area (Å²) in [6, 6.07) is 6.83. The highest BCUT2D eigenvalue weighted by atomic mass is 16.3. The van der Waals surface area contributed by atoms with Gasteiger partial charge >= 0.3 is 0 Å². The van der Waals surface area contributed by atoms with Crippen LogP contribution in [0.1, 0.15) is 109 Å². The summed E-state index contributed by atoms with van der Waals surface area (Å²) < 4.78 is 0. The highest BCUT2D eigenvalue weighted by Gasteiger charge is 2.15. The van der Waals surface area contributed by atoms with Gasteiger partial charge in [-0.05, 0) is 37.0 Å². The summed E-state index contributed by atoms with van der Waals surface area (Å²) in [7, 11) is 0. The van der Waals surface area contributed by atoms with Crippen molar-refractivity contribution >= 4 is 5.78 Å². The Bertz CT molecular complexity index is 540. The number of benzene rings is 1. The molecule has 1 rings (SSSR count). The largest absolute Gasteiger partial charge is 0.508 e. The minimum absolute atomic E-state index is 0.0115. The average Bonchev–Trinajstić information content (AvgIpc) is 2.71. The Kier molecular flexibility index (Phi) is 15.4. The number of aromatic hydroxyl groups is 1. The standard InChI is InChI=1S/C26H44O4/c1-2-3-4-5-6-7-8-9-10-11-12-13-24(28)20-26(30)21-25(29)19-16-22-14-17-23(27)18-15-22/h14-15,17-18,24,26-28,30H,2-13,16,19-21H2,1H3/t24-,26+/m1/s1. The zero-order valence-electron chi connectivity index (χ0n) is 19.0. The van der Waals surface area contributed by atoms with Crippen molar-refractivity contribution in [2.45, 2.75) is 122 Å². The van der Waals surface area contributed by atoms with E-state index < -0.39 is 12.2 Å². The molecule has 0 aliphatic heterocycles. The number of Topliss-reactive ketones (excluding diaryl/α,β-unsaturated/α-hetero) is 1. The van der Waals surface area contributed by atoms with E-state index in [0.29, 0.717) is 19.3 Å². The first-order valence-electron chi connectivity index (χ1n) is 12.2. The lowest BCUT2D eigenvalue weighted by Gasteiger charge is -2.15. The van der Waals surface area contributed by atoms with Crippen molar-refractivity contribution in [2.75, 3.05) is 0 Å². The van der Waals surface area contributed by atoms with E-state index in [2.05, 4.69) is 6.92 Å². The number of ketones is 1. The number of hydrogen-bond donors (Lipinski definition) is 3. The van der Waals surface area contributed by atoms with Gasteiger partial charge in [-0.3, -0.25) is 4.79 Å². The topological polar surface area (TPSA) is 77.8 Å². The fourth-order valence-corrected chi connectivity index (χ4v) is 3.87. The van der Waals surface area contributed by atoms with Crippen LogP contribution in [0.25, 0.3) is 0 Å². The van der Waals surface area contributed by atoms with Gasteiger partial charge < -0.3 is 15.3 Å². The van der Waals surface area contributed by atoms with Gasteiger partial charge in [0.2, 0.25) is 0 Å². The van der Waals surface area contributed by atoms with Crippen LogP contribution in [-0.4, -0.2) is 33.3 Å². The van der Waals surface area contributed by atoms with Gasteiger partial charge in [0.05, 0.1) is 12.2 Å². The van der Waals surface area contributed by atoms with Crippen LogP contribution in [0.5, 0.6) is 5.75 Å². The van der Waals surface area contributed by atoms with Crippen molar-refractivity contribution in [2.24, 2.45) is 0 Å². The Labute approximate surface area is 183 Å². The van der Waals surface area contributed by atoms with E-state index in [1.807, 2.05) is 0 Å². The number of unbranched alkanes of at least 4 members (excludes halogenated alkanes) is 10. The van der Waals surface area contributed by atoms with Crippen LogP contribution < -0.4 is 0 Å². The fraction of sp³-hybridized carbons (Fsp3) is 0.731. The molecule has 0 radical (unpaired) electrons. The summed E-state index contributed by atoms with van der Waals surface area (Å²) in [5.74, 6) is 0.227. The van der Waals surface area contributed by atoms with E-state index in [1.165, 1.54) is 57.8 Å².